The van der Waals surface area contributed by atoms with Gasteiger partial charge < -0.3 is 39.7 Å². The minimum atomic E-state index is -0.832. The standard InChI is InChI=1S/C23H39N3O7/c1-5-10-30-16-23(17-31-11-6-2,18-32-12-7-3)19-33-15-20(26-24)13-25-9-8-21(28)22(14-27)29-4/h1-2,13,21-22,27-28H,7-12,14-19,24H2,3-4H3. The van der Waals surface area contributed by atoms with Crippen molar-refractivity contribution in [3.63, 3.8) is 0 Å². The van der Waals surface area contributed by atoms with Crippen molar-refractivity contribution in [1.29, 1.82) is 0 Å². The molecule has 0 amide bonds. The van der Waals surface area contributed by atoms with Crippen LogP contribution < -0.4 is 5.84 Å². The normalized spacial score (nSPS) is 14.2. The summed E-state index contributed by atoms with van der Waals surface area (Å²) in [6.07, 6.45) is 11.8. The Labute approximate surface area is 197 Å². The van der Waals surface area contributed by atoms with Gasteiger partial charge in [0, 0.05) is 26.5 Å². The first-order chi connectivity index (χ1) is 16.0. The average molecular weight is 470 g/mol. The van der Waals surface area contributed by atoms with E-state index in [2.05, 4.69) is 21.9 Å². The van der Waals surface area contributed by atoms with E-state index in [0.29, 0.717) is 31.9 Å². The number of aliphatic hydroxyl groups is 2. The Balaban J connectivity index is 4.89. The highest BCUT2D eigenvalue weighted by molar-refractivity contribution is 6.31. The van der Waals surface area contributed by atoms with Gasteiger partial charge in [-0.25, -0.2) is 0 Å². The van der Waals surface area contributed by atoms with Crippen molar-refractivity contribution < 1.29 is 33.9 Å². The molecule has 0 saturated carbocycles. The molecule has 10 heteroatoms. The van der Waals surface area contributed by atoms with Gasteiger partial charge in [-0.05, 0) is 12.8 Å². The van der Waals surface area contributed by atoms with Crippen LogP contribution in [0.5, 0.6) is 0 Å². The van der Waals surface area contributed by atoms with Crippen LogP contribution in [-0.2, 0) is 23.7 Å². The molecule has 2 unspecified atom stereocenters. The van der Waals surface area contributed by atoms with E-state index in [1.807, 2.05) is 6.92 Å². The maximum atomic E-state index is 9.93. The molecule has 0 aromatic rings. The molecule has 0 spiro atoms. The monoisotopic (exact) mass is 469 g/mol. The molecule has 2 atom stereocenters. The second-order valence-electron chi connectivity index (χ2n) is 7.41. The molecule has 188 valence electrons. The smallest absolute Gasteiger partial charge is 0.107 e. The molecule has 0 fully saturated rings. The number of nitrogens with zero attached hydrogens (tertiary/aromatic N) is 2. The fraction of sp³-hybridized carbons (Fsp3) is 0.739. The summed E-state index contributed by atoms with van der Waals surface area (Å²) in [4.78, 5) is 4.20. The predicted molar refractivity (Wildman–Crippen MR) is 127 cm³/mol. The van der Waals surface area contributed by atoms with Gasteiger partial charge in [0.05, 0.1) is 51.2 Å². The van der Waals surface area contributed by atoms with Gasteiger partial charge in [0.25, 0.3) is 0 Å². The molecule has 0 radical (unpaired) electrons. The highest BCUT2D eigenvalue weighted by Gasteiger charge is 2.32. The number of hydrogen-bond acceptors (Lipinski definition) is 10. The Morgan fingerprint density at radius 1 is 1.09 bits per heavy atom. The van der Waals surface area contributed by atoms with Crippen LogP contribution in [-0.4, -0.2) is 107 Å². The van der Waals surface area contributed by atoms with Gasteiger partial charge >= 0.3 is 0 Å². The molecular weight excluding hydrogens is 430 g/mol. The number of hydrazone groups is 1. The van der Waals surface area contributed by atoms with Crippen molar-refractivity contribution >= 4 is 11.9 Å². The van der Waals surface area contributed by atoms with E-state index < -0.39 is 17.6 Å². The number of aliphatic hydroxyl groups excluding tert-OH is 2. The minimum absolute atomic E-state index is 0.0969. The summed E-state index contributed by atoms with van der Waals surface area (Å²) < 4.78 is 27.7. The predicted octanol–water partition coefficient (Wildman–Crippen LogP) is -0.141. The van der Waals surface area contributed by atoms with Crippen molar-refractivity contribution in [2.24, 2.45) is 21.4 Å². The Kier molecular flexibility index (Phi) is 19.3. The van der Waals surface area contributed by atoms with Crippen molar-refractivity contribution in [3.8, 4) is 24.7 Å². The van der Waals surface area contributed by atoms with Gasteiger partial charge in [-0.1, -0.05) is 18.8 Å². The lowest BCUT2D eigenvalue weighted by Gasteiger charge is -2.32. The van der Waals surface area contributed by atoms with Crippen LogP contribution in [0.25, 0.3) is 0 Å². The lowest BCUT2D eigenvalue weighted by atomic mass is 9.92. The molecule has 0 aliphatic heterocycles. The van der Waals surface area contributed by atoms with E-state index in [-0.39, 0.29) is 46.2 Å². The second-order valence-corrected chi connectivity index (χ2v) is 7.41. The van der Waals surface area contributed by atoms with Gasteiger partial charge in [-0.3, -0.25) is 4.99 Å². The summed E-state index contributed by atoms with van der Waals surface area (Å²) in [5.74, 6) is 10.3. The van der Waals surface area contributed by atoms with Crippen LogP contribution >= 0.6 is 0 Å². The van der Waals surface area contributed by atoms with Crippen LogP contribution in [0, 0.1) is 30.1 Å². The summed E-state index contributed by atoms with van der Waals surface area (Å²) in [6, 6.07) is 0. The summed E-state index contributed by atoms with van der Waals surface area (Å²) in [6.45, 7) is 4.11. The van der Waals surface area contributed by atoms with Gasteiger partial charge in [-0.15, -0.1) is 12.8 Å². The van der Waals surface area contributed by atoms with E-state index in [1.54, 1.807) is 0 Å². The maximum Gasteiger partial charge on any atom is 0.107 e. The Bertz CT molecular complexity index is 605. The number of ether oxygens (including phenoxy) is 5. The van der Waals surface area contributed by atoms with Gasteiger partial charge in [0.15, 0.2) is 0 Å². The van der Waals surface area contributed by atoms with E-state index in [9.17, 15) is 5.11 Å². The highest BCUT2D eigenvalue weighted by atomic mass is 16.5. The molecule has 0 rings (SSSR count). The van der Waals surface area contributed by atoms with E-state index in [4.69, 9.17) is 47.5 Å². The first-order valence-electron chi connectivity index (χ1n) is 10.8. The molecule has 0 aliphatic carbocycles. The van der Waals surface area contributed by atoms with Crippen LogP contribution in [0.1, 0.15) is 19.8 Å². The zero-order valence-corrected chi connectivity index (χ0v) is 19.8. The molecular formula is C23H39N3O7. The third-order valence-corrected chi connectivity index (χ3v) is 4.47. The van der Waals surface area contributed by atoms with E-state index in [0.717, 1.165) is 6.42 Å². The number of aliphatic imine (C=N–C) groups is 1. The van der Waals surface area contributed by atoms with Crippen LogP contribution in [0.15, 0.2) is 10.1 Å². The number of rotatable bonds is 21. The van der Waals surface area contributed by atoms with Gasteiger partial charge in [0.1, 0.15) is 25.0 Å². The Hall–Kier alpha value is -2.02. The molecule has 0 aliphatic rings. The summed E-state index contributed by atoms with van der Waals surface area (Å²) >= 11 is 0. The topological polar surface area (TPSA) is 137 Å². The average Bonchev–Trinajstić information content (AvgIpc) is 2.82. The Morgan fingerprint density at radius 2 is 1.70 bits per heavy atom. The fourth-order valence-electron chi connectivity index (χ4n) is 2.73. The Morgan fingerprint density at radius 3 is 2.21 bits per heavy atom. The largest absolute Gasteiger partial charge is 0.394 e. The first kappa shape index (κ1) is 31.0. The van der Waals surface area contributed by atoms with Gasteiger partial charge in [-0.2, -0.15) is 5.10 Å². The summed E-state index contributed by atoms with van der Waals surface area (Å²) in [5.41, 5.74) is -0.212. The first-order valence-corrected chi connectivity index (χ1v) is 10.8. The maximum absolute atomic E-state index is 9.93. The molecule has 0 aromatic carbocycles. The molecule has 33 heavy (non-hydrogen) atoms. The van der Waals surface area contributed by atoms with Crippen molar-refractivity contribution in [1.82, 2.24) is 0 Å². The third-order valence-electron chi connectivity index (χ3n) is 4.47. The molecule has 0 aromatic heterocycles. The zero-order chi connectivity index (χ0) is 24.8. The van der Waals surface area contributed by atoms with Crippen molar-refractivity contribution in [3.05, 3.63) is 0 Å². The number of nitrogens with two attached hydrogens (primary N) is 1. The van der Waals surface area contributed by atoms with Crippen LogP contribution in [0.2, 0.25) is 0 Å². The van der Waals surface area contributed by atoms with Crippen LogP contribution in [0.3, 0.4) is 0 Å². The highest BCUT2D eigenvalue weighted by Crippen LogP contribution is 2.21. The molecule has 0 saturated heterocycles. The van der Waals surface area contributed by atoms with Crippen molar-refractivity contribution in [2.75, 3.05) is 73.1 Å². The molecule has 10 nitrogen and oxygen atoms in total. The SMILES string of the molecule is C#CCOCC(COCC#C)(COCCC)COCC(C=NCCC(O)C(CO)OC)=NN. The number of terminal acetylenes is 2. The number of hydrogen-bond donors (Lipinski definition) is 3. The third kappa shape index (κ3) is 14.7. The second kappa shape index (κ2) is 20.6. The van der Waals surface area contributed by atoms with E-state index in [1.165, 1.54) is 13.3 Å². The minimum Gasteiger partial charge on any atom is -0.394 e. The zero-order valence-electron chi connectivity index (χ0n) is 19.8. The fourth-order valence-corrected chi connectivity index (χ4v) is 2.73. The molecule has 4 N–H and O–H groups in total. The lowest BCUT2D eigenvalue weighted by molar-refractivity contribution is -0.0952. The van der Waals surface area contributed by atoms with Crippen molar-refractivity contribution in [2.45, 2.75) is 32.0 Å². The summed E-state index contributed by atoms with van der Waals surface area (Å²) in [7, 11) is 1.42. The van der Waals surface area contributed by atoms with Gasteiger partial charge in [0.2, 0.25) is 0 Å². The number of methoxy groups -OCH3 is 1. The van der Waals surface area contributed by atoms with E-state index >= 15 is 0 Å². The molecule has 0 bridgehead atoms. The van der Waals surface area contributed by atoms with Crippen LogP contribution in [0.4, 0.5) is 0 Å². The summed E-state index contributed by atoms with van der Waals surface area (Å²) in [5, 5.41) is 22.7. The quantitative estimate of drug-likeness (QED) is 0.0694. The lowest BCUT2D eigenvalue weighted by Crippen LogP contribution is -2.42. The molecule has 0 heterocycles.